The summed E-state index contributed by atoms with van der Waals surface area (Å²) in [6.45, 7) is 8.13. The SMILES string of the molecule is CCC(C)(C)SCCCN(C)C. The highest BCUT2D eigenvalue weighted by Crippen LogP contribution is 2.27. The molecule has 0 aromatic rings. The minimum atomic E-state index is 0.478. The molecule has 74 valence electrons. The molecule has 0 unspecified atom stereocenters. The smallest absolute Gasteiger partial charge is 0.0101 e. The van der Waals surface area contributed by atoms with Crippen LogP contribution < -0.4 is 0 Å². The first-order valence-electron chi connectivity index (χ1n) is 4.76. The average molecular weight is 189 g/mol. The first-order chi connectivity index (χ1) is 5.48. The number of nitrogens with zero attached hydrogens (tertiary/aromatic N) is 1. The molecule has 0 aliphatic rings. The Balaban J connectivity index is 3.31. The molecule has 0 heterocycles. The van der Waals surface area contributed by atoms with Gasteiger partial charge in [-0.3, -0.25) is 0 Å². The van der Waals surface area contributed by atoms with Gasteiger partial charge in [-0.05, 0) is 39.2 Å². The van der Waals surface area contributed by atoms with Crippen LogP contribution in [0.25, 0.3) is 0 Å². The van der Waals surface area contributed by atoms with Crippen molar-refractivity contribution in [1.29, 1.82) is 0 Å². The van der Waals surface area contributed by atoms with Crippen molar-refractivity contribution in [1.82, 2.24) is 4.90 Å². The summed E-state index contributed by atoms with van der Waals surface area (Å²) < 4.78 is 0.478. The van der Waals surface area contributed by atoms with Crippen LogP contribution in [0, 0.1) is 0 Å². The predicted molar refractivity (Wildman–Crippen MR) is 60.0 cm³/mol. The quantitative estimate of drug-likeness (QED) is 0.591. The maximum Gasteiger partial charge on any atom is 0.0101 e. The van der Waals surface area contributed by atoms with Crippen molar-refractivity contribution in [3.8, 4) is 0 Å². The van der Waals surface area contributed by atoms with Gasteiger partial charge in [0.15, 0.2) is 0 Å². The van der Waals surface area contributed by atoms with E-state index in [0.29, 0.717) is 4.75 Å². The summed E-state index contributed by atoms with van der Waals surface area (Å²) in [6, 6.07) is 0. The fourth-order valence-electron chi connectivity index (χ4n) is 0.831. The van der Waals surface area contributed by atoms with Crippen molar-refractivity contribution >= 4 is 11.8 Å². The molecule has 0 fully saturated rings. The van der Waals surface area contributed by atoms with E-state index < -0.39 is 0 Å². The summed E-state index contributed by atoms with van der Waals surface area (Å²) in [4.78, 5) is 2.25. The maximum atomic E-state index is 2.33. The summed E-state index contributed by atoms with van der Waals surface area (Å²) >= 11 is 2.09. The monoisotopic (exact) mass is 189 g/mol. The molecule has 12 heavy (non-hydrogen) atoms. The molecule has 1 nitrogen and oxygen atoms in total. The summed E-state index contributed by atoms with van der Waals surface area (Å²) in [7, 11) is 4.27. The van der Waals surface area contributed by atoms with Gasteiger partial charge in [0.2, 0.25) is 0 Å². The Kier molecular flexibility index (Phi) is 6.02. The van der Waals surface area contributed by atoms with Gasteiger partial charge in [-0.1, -0.05) is 20.8 Å². The molecule has 0 bridgehead atoms. The van der Waals surface area contributed by atoms with Crippen LogP contribution >= 0.6 is 11.8 Å². The van der Waals surface area contributed by atoms with Gasteiger partial charge in [0.25, 0.3) is 0 Å². The third-order valence-corrected chi connectivity index (χ3v) is 3.66. The zero-order chi connectivity index (χ0) is 9.61. The largest absolute Gasteiger partial charge is 0.309 e. The second-order valence-corrected chi connectivity index (χ2v) is 5.92. The van der Waals surface area contributed by atoms with Gasteiger partial charge >= 0.3 is 0 Å². The highest BCUT2D eigenvalue weighted by molar-refractivity contribution is 8.00. The number of rotatable bonds is 6. The molecule has 0 saturated carbocycles. The van der Waals surface area contributed by atoms with E-state index in [0.717, 1.165) is 0 Å². The van der Waals surface area contributed by atoms with Crippen LogP contribution in [0.2, 0.25) is 0 Å². The van der Waals surface area contributed by atoms with Gasteiger partial charge in [0.1, 0.15) is 0 Å². The van der Waals surface area contributed by atoms with E-state index in [4.69, 9.17) is 0 Å². The molecule has 0 aliphatic heterocycles. The second kappa shape index (κ2) is 5.87. The molecule has 0 aliphatic carbocycles. The summed E-state index contributed by atoms with van der Waals surface area (Å²) in [5, 5.41) is 0. The van der Waals surface area contributed by atoms with Crippen LogP contribution in [0.4, 0.5) is 0 Å². The number of hydrogen-bond acceptors (Lipinski definition) is 2. The van der Waals surface area contributed by atoms with Gasteiger partial charge in [-0.25, -0.2) is 0 Å². The van der Waals surface area contributed by atoms with E-state index in [1.54, 1.807) is 0 Å². The normalized spacial score (nSPS) is 12.5. The van der Waals surface area contributed by atoms with Crippen molar-refractivity contribution < 1.29 is 0 Å². The molecule has 0 N–H and O–H groups in total. The van der Waals surface area contributed by atoms with E-state index >= 15 is 0 Å². The lowest BCUT2D eigenvalue weighted by molar-refractivity contribution is 0.410. The van der Waals surface area contributed by atoms with Crippen LogP contribution in [0.15, 0.2) is 0 Å². The summed E-state index contributed by atoms with van der Waals surface area (Å²) in [6.07, 6.45) is 2.57. The van der Waals surface area contributed by atoms with Gasteiger partial charge in [-0.2, -0.15) is 11.8 Å². The van der Waals surface area contributed by atoms with E-state index in [1.807, 2.05) is 0 Å². The Morgan fingerprint density at radius 2 is 1.83 bits per heavy atom. The topological polar surface area (TPSA) is 3.24 Å². The molecule has 0 rings (SSSR count). The van der Waals surface area contributed by atoms with Crippen LogP contribution in [0.5, 0.6) is 0 Å². The molecule has 0 aromatic heterocycles. The predicted octanol–water partition coefficient (Wildman–Crippen LogP) is 2.86. The van der Waals surface area contributed by atoms with Gasteiger partial charge in [-0.15, -0.1) is 0 Å². The third-order valence-electron chi connectivity index (χ3n) is 2.09. The average Bonchev–Trinajstić information content (AvgIpc) is 1.98. The van der Waals surface area contributed by atoms with Crippen LogP contribution in [0.3, 0.4) is 0 Å². The minimum Gasteiger partial charge on any atom is -0.309 e. The van der Waals surface area contributed by atoms with E-state index in [-0.39, 0.29) is 0 Å². The molecular formula is C10H23NS. The van der Waals surface area contributed by atoms with Crippen molar-refractivity contribution in [3.63, 3.8) is 0 Å². The van der Waals surface area contributed by atoms with Crippen molar-refractivity contribution in [2.75, 3.05) is 26.4 Å². The molecule has 2 heteroatoms. The lowest BCUT2D eigenvalue weighted by Gasteiger charge is -2.22. The van der Waals surface area contributed by atoms with E-state index in [9.17, 15) is 0 Å². The Morgan fingerprint density at radius 3 is 2.25 bits per heavy atom. The van der Waals surface area contributed by atoms with Gasteiger partial charge < -0.3 is 4.90 Å². The van der Waals surface area contributed by atoms with Crippen LogP contribution in [-0.4, -0.2) is 36.0 Å². The Hall–Kier alpha value is 0.310. The van der Waals surface area contributed by atoms with Crippen molar-refractivity contribution in [2.45, 2.75) is 38.4 Å². The molecule has 0 amide bonds. The minimum absolute atomic E-state index is 0.478. The maximum absolute atomic E-state index is 2.33. The lowest BCUT2D eigenvalue weighted by Crippen LogP contribution is -2.17. The van der Waals surface area contributed by atoms with Crippen molar-refractivity contribution in [2.24, 2.45) is 0 Å². The van der Waals surface area contributed by atoms with Crippen LogP contribution in [0.1, 0.15) is 33.6 Å². The zero-order valence-electron chi connectivity index (χ0n) is 9.18. The fraction of sp³-hybridized carbons (Fsp3) is 1.00. The Labute approximate surface area is 81.9 Å². The second-order valence-electron chi connectivity index (χ2n) is 4.12. The summed E-state index contributed by atoms with van der Waals surface area (Å²) in [5.41, 5.74) is 0. The first-order valence-corrected chi connectivity index (χ1v) is 5.75. The van der Waals surface area contributed by atoms with Crippen LogP contribution in [-0.2, 0) is 0 Å². The lowest BCUT2D eigenvalue weighted by atomic mass is 10.1. The third kappa shape index (κ3) is 6.99. The Morgan fingerprint density at radius 1 is 1.25 bits per heavy atom. The van der Waals surface area contributed by atoms with Gasteiger partial charge in [0.05, 0.1) is 0 Å². The summed E-state index contributed by atoms with van der Waals surface area (Å²) in [5.74, 6) is 1.29. The molecule has 0 radical (unpaired) electrons. The molecule has 0 atom stereocenters. The van der Waals surface area contributed by atoms with E-state index in [2.05, 4.69) is 51.5 Å². The standard InChI is InChI=1S/C10H23NS/c1-6-10(2,3)12-9-7-8-11(4)5/h6-9H2,1-5H3. The molecule has 0 spiro atoms. The zero-order valence-corrected chi connectivity index (χ0v) is 10.0. The number of thioether (sulfide) groups is 1. The van der Waals surface area contributed by atoms with Gasteiger partial charge in [0, 0.05) is 4.75 Å². The van der Waals surface area contributed by atoms with E-state index in [1.165, 1.54) is 25.1 Å². The molecule has 0 saturated heterocycles. The van der Waals surface area contributed by atoms with Crippen molar-refractivity contribution in [3.05, 3.63) is 0 Å². The highest BCUT2D eigenvalue weighted by atomic mass is 32.2. The highest BCUT2D eigenvalue weighted by Gasteiger charge is 2.14. The first kappa shape index (κ1) is 12.3. The molecule has 0 aromatic carbocycles. The number of hydrogen-bond donors (Lipinski definition) is 0. The molecular weight excluding hydrogens is 166 g/mol. The Bertz CT molecular complexity index is 110. The fourth-order valence-corrected chi connectivity index (χ4v) is 1.86.